The third-order valence-corrected chi connectivity index (χ3v) is 8.20. The van der Waals surface area contributed by atoms with Crippen molar-refractivity contribution in [3.63, 3.8) is 0 Å². The molecule has 0 amide bonds. The van der Waals surface area contributed by atoms with E-state index in [9.17, 15) is 9.90 Å². The molecule has 0 heterocycles. The van der Waals surface area contributed by atoms with Crippen LogP contribution in [0.5, 0.6) is 17.2 Å². The van der Waals surface area contributed by atoms with Gasteiger partial charge in [0.05, 0.1) is 6.61 Å². The van der Waals surface area contributed by atoms with E-state index in [1.54, 1.807) is 12.1 Å². The van der Waals surface area contributed by atoms with E-state index in [2.05, 4.69) is 13.8 Å². The predicted octanol–water partition coefficient (Wildman–Crippen LogP) is 11.8. The highest BCUT2D eigenvalue weighted by molar-refractivity contribution is 5.94. The van der Waals surface area contributed by atoms with Crippen molar-refractivity contribution in [3.05, 3.63) is 53.6 Å². The molecule has 0 aliphatic rings. The zero-order valence-corrected chi connectivity index (χ0v) is 27.0. The number of carbonyl (C=O) groups excluding carboxylic acids is 1. The lowest BCUT2D eigenvalue weighted by molar-refractivity contribution is 0.0724. The van der Waals surface area contributed by atoms with E-state index >= 15 is 0 Å². The lowest BCUT2D eigenvalue weighted by Crippen LogP contribution is -2.11. The second-order valence-electron chi connectivity index (χ2n) is 12.0. The van der Waals surface area contributed by atoms with Crippen LogP contribution in [0.3, 0.4) is 0 Å². The number of aryl methyl sites for hydroxylation is 1. The number of carbonyl (C=O) groups is 1. The van der Waals surface area contributed by atoms with Crippen molar-refractivity contribution < 1.29 is 19.4 Å². The molecule has 4 heteroatoms. The second-order valence-corrected chi connectivity index (χ2v) is 12.0. The summed E-state index contributed by atoms with van der Waals surface area (Å²) in [7, 11) is 0. The standard InChI is InChI=1S/C38H60O4/c1-3-5-7-9-11-12-13-14-15-16-17-19-21-25-32-41-35-30-24-23-29-34(35)38(40)42-36-31-26-28-33(37(36)39)27-22-20-18-10-8-6-4-2/h23-24,26,28-31,39H,3-22,25,27,32H2,1-2H3. The van der Waals surface area contributed by atoms with Gasteiger partial charge in [0.2, 0.25) is 0 Å². The summed E-state index contributed by atoms with van der Waals surface area (Å²) in [5.74, 6) is 0.311. The molecule has 0 radical (unpaired) electrons. The molecule has 4 nitrogen and oxygen atoms in total. The van der Waals surface area contributed by atoms with Crippen LogP contribution in [0.1, 0.15) is 165 Å². The summed E-state index contributed by atoms with van der Waals surface area (Å²) in [4.78, 5) is 13.0. The smallest absolute Gasteiger partial charge is 0.347 e. The van der Waals surface area contributed by atoms with Gasteiger partial charge in [-0.05, 0) is 43.0 Å². The van der Waals surface area contributed by atoms with Crippen LogP contribution in [-0.4, -0.2) is 17.7 Å². The first kappa shape index (κ1) is 35.7. The van der Waals surface area contributed by atoms with Crippen molar-refractivity contribution in [2.24, 2.45) is 0 Å². The highest BCUT2D eigenvalue weighted by atomic mass is 16.5. The first-order valence-electron chi connectivity index (χ1n) is 17.4. The van der Waals surface area contributed by atoms with Crippen LogP contribution in [0, 0.1) is 0 Å². The van der Waals surface area contributed by atoms with E-state index in [1.807, 2.05) is 30.3 Å². The number of ether oxygens (including phenoxy) is 2. The number of phenolic OH excluding ortho intramolecular Hbond substituents is 1. The molecule has 0 bridgehead atoms. The van der Waals surface area contributed by atoms with Gasteiger partial charge in [-0.15, -0.1) is 0 Å². The minimum atomic E-state index is -0.505. The van der Waals surface area contributed by atoms with Crippen molar-refractivity contribution in [2.45, 2.75) is 155 Å². The molecule has 0 aliphatic carbocycles. The molecule has 1 N–H and O–H groups in total. The third kappa shape index (κ3) is 15.7. The van der Waals surface area contributed by atoms with Crippen molar-refractivity contribution in [3.8, 4) is 17.2 Å². The Balaban J connectivity index is 1.65. The Morgan fingerprint density at radius 3 is 1.62 bits per heavy atom. The number of phenols is 1. The number of hydrogen-bond acceptors (Lipinski definition) is 4. The number of unbranched alkanes of at least 4 members (excludes halogenated alkanes) is 19. The van der Waals surface area contributed by atoms with Gasteiger partial charge < -0.3 is 14.6 Å². The molecule has 0 atom stereocenters. The molecule has 0 saturated heterocycles. The van der Waals surface area contributed by atoms with Crippen LogP contribution in [0.15, 0.2) is 42.5 Å². The highest BCUT2D eigenvalue weighted by Gasteiger charge is 2.17. The van der Waals surface area contributed by atoms with Gasteiger partial charge in [-0.3, -0.25) is 0 Å². The summed E-state index contributed by atoms with van der Waals surface area (Å²) in [5.41, 5.74) is 1.22. The summed E-state index contributed by atoms with van der Waals surface area (Å²) in [6.45, 7) is 5.09. The lowest BCUT2D eigenvalue weighted by Gasteiger charge is -2.13. The molecule has 0 unspecified atom stereocenters. The Hall–Kier alpha value is -2.49. The van der Waals surface area contributed by atoms with Gasteiger partial charge in [-0.1, -0.05) is 160 Å². The van der Waals surface area contributed by atoms with E-state index in [4.69, 9.17) is 9.47 Å². The molecule has 0 aromatic heterocycles. The van der Waals surface area contributed by atoms with Gasteiger partial charge in [0.25, 0.3) is 0 Å². The van der Waals surface area contributed by atoms with Crippen molar-refractivity contribution >= 4 is 5.97 Å². The van der Waals surface area contributed by atoms with E-state index < -0.39 is 5.97 Å². The number of benzene rings is 2. The monoisotopic (exact) mass is 580 g/mol. The Labute approximate surface area is 257 Å². The quantitative estimate of drug-likeness (QED) is 0.0683. The van der Waals surface area contributed by atoms with Gasteiger partial charge in [0, 0.05) is 0 Å². The van der Waals surface area contributed by atoms with Gasteiger partial charge in [-0.25, -0.2) is 4.79 Å². The summed E-state index contributed by atoms with van der Waals surface area (Å²) in [6.07, 6.45) is 27.8. The fourth-order valence-corrected chi connectivity index (χ4v) is 5.52. The zero-order valence-electron chi connectivity index (χ0n) is 27.0. The predicted molar refractivity (Wildman–Crippen MR) is 177 cm³/mol. The highest BCUT2D eigenvalue weighted by Crippen LogP contribution is 2.32. The van der Waals surface area contributed by atoms with Crippen molar-refractivity contribution in [2.75, 3.05) is 6.61 Å². The fraction of sp³-hybridized carbons (Fsp3) is 0.658. The van der Waals surface area contributed by atoms with Crippen LogP contribution < -0.4 is 9.47 Å². The normalized spacial score (nSPS) is 11.1. The number of hydrogen-bond donors (Lipinski definition) is 1. The average molecular weight is 581 g/mol. The molecule has 236 valence electrons. The maximum absolute atomic E-state index is 13.0. The van der Waals surface area contributed by atoms with Crippen molar-refractivity contribution in [1.29, 1.82) is 0 Å². The average Bonchev–Trinajstić information content (AvgIpc) is 3.00. The second kappa shape index (κ2) is 24.0. The number of aromatic hydroxyl groups is 1. The fourth-order valence-electron chi connectivity index (χ4n) is 5.52. The topological polar surface area (TPSA) is 55.8 Å². The van der Waals surface area contributed by atoms with E-state index in [0.29, 0.717) is 17.9 Å². The van der Waals surface area contributed by atoms with Gasteiger partial charge in [0.15, 0.2) is 11.5 Å². The maximum Gasteiger partial charge on any atom is 0.347 e. The Morgan fingerprint density at radius 2 is 1.05 bits per heavy atom. The van der Waals surface area contributed by atoms with Gasteiger partial charge in [-0.2, -0.15) is 0 Å². The molecule has 0 fully saturated rings. The van der Waals surface area contributed by atoms with Crippen LogP contribution in [0.4, 0.5) is 0 Å². The molecular weight excluding hydrogens is 520 g/mol. The minimum Gasteiger partial charge on any atom is -0.504 e. The number of para-hydroxylation sites is 2. The lowest BCUT2D eigenvalue weighted by atomic mass is 10.0. The molecule has 42 heavy (non-hydrogen) atoms. The third-order valence-electron chi connectivity index (χ3n) is 8.20. The summed E-state index contributed by atoms with van der Waals surface area (Å²) < 4.78 is 11.6. The SMILES string of the molecule is CCCCCCCCCCCCCCCCOc1ccccc1C(=O)Oc1cccc(CCCCCCCCC)c1O. The molecule has 0 aliphatic heterocycles. The molecular formula is C38H60O4. The first-order chi connectivity index (χ1) is 20.7. The van der Waals surface area contributed by atoms with E-state index in [-0.39, 0.29) is 11.5 Å². The first-order valence-corrected chi connectivity index (χ1v) is 17.4. The van der Waals surface area contributed by atoms with Crippen LogP contribution in [0.25, 0.3) is 0 Å². The minimum absolute atomic E-state index is 0.0673. The Bertz CT molecular complexity index is 954. The van der Waals surface area contributed by atoms with E-state index in [0.717, 1.165) is 37.7 Å². The molecule has 0 saturated carbocycles. The number of rotatable bonds is 26. The molecule has 2 aromatic carbocycles. The van der Waals surface area contributed by atoms with Gasteiger partial charge in [0.1, 0.15) is 11.3 Å². The molecule has 0 spiro atoms. The van der Waals surface area contributed by atoms with Crippen molar-refractivity contribution in [1.82, 2.24) is 0 Å². The Kier molecular flexibility index (Phi) is 20.4. The Morgan fingerprint density at radius 1 is 0.571 bits per heavy atom. The van der Waals surface area contributed by atoms with Crippen LogP contribution >= 0.6 is 0 Å². The van der Waals surface area contributed by atoms with E-state index in [1.165, 1.54) is 109 Å². The van der Waals surface area contributed by atoms with Crippen LogP contribution in [0.2, 0.25) is 0 Å². The summed E-state index contributed by atoms with van der Waals surface area (Å²) in [5, 5.41) is 10.8. The molecule has 2 aromatic rings. The molecule has 2 rings (SSSR count). The number of esters is 1. The summed E-state index contributed by atoms with van der Waals surface area (Å²) in [6, 6.07) is 12.6. The van der Waals surface area contributed by atoms with Gasteiger partial charge >= 0.3 is 5.97 Å². The zero-order chi connectivity index (χ0) is 30.1. The maximum atomic E-state index is 13.0. The summed E-state index contributed by atoms with van der Waals surface area (Å²) >= 11 is 0. The van der Waals surface area contributed by atoms with Crippen LogP contribution in [-0.2, 0) is 6.42 Å². The largest absolute Gasteiger partial charge is 0.504 e.